The molecule has 5 nitrogen and oxygen atoms in total. The van der Waals surface area contributed by atoms with E-state index in [-0.39, 0.29) is 24.1 Å². The summed E-state index contributed by atoms with van der Waals surface area (Å²) in [7, 11) is 1.57. The first-order valence-electron chi connectivity index (χ1n) is 8.71. The first-order chi connectivity index (χ1) is 13.0. The predicted octanol–water partition coefficient (Wildman–Crippen LogP) is 4.08. The third-order valence-electron chi connectivity index (χ3n) is 4.25. The van der Waals surface area contributed by atoms with Gasteiger partial charge >= 0.3 is 0 Å². The van der Waals surface area contributed by atoms with E-state index >= 15 is 0 Å². The van der Waals surface area contributed by atoms with Gasteiger partial charge in [-0.25, -0.2) is 4.39 Å². The summed E-state index contributed by atoms with van der Waals surface area (Å²) < 4.78 is 30.7. The third-order valence-corrected chi connectivity index (χ3v) is 4.71. The van der Waals surface area contributed by atoms with Crippen molar-refractivity contribution in [2.75, 3.05) is 20.3 Å². The molecule has 1 fully saturated rings. The highest BCUT2D eigenvalue weighted by atomic mass is 79.9. The fourth-order valence-corrected chi connectivity index (χ4v) is 3.33. The molecule has 0 saturated carbocycles. The number of methoxy groups -OCH3 is 1. The molecule has 27 heavy (non-hydrogen) atoms. The molecule has 1 atom stereocenters. The van der Waals surface area contributed by atoms with Crippen molar-refractivity contribution in [1.82, 2.24) is 5.32 Å². The summed E-state index contributed by atoms with van der Waals surface area (Å²) in [6.45, 7) is 1.56. The van der Waals surface area contributed by atoms with Crippen LogP contribution in [-0.2, 0) is 11.3 Å². The van der Waals surface area contributed by atoms with E-state index in [0.717, 1.165) is 25.0 Å². The molecule has 0 bridgehead atoms. The first kappa shape index (κ1) is 19.6. The molecular formula is C20H21BrFNO4. The largest absolute Gasteiger partial charge is 0.493 e. The minimum atomic E-state index is -0.469. The van der Waals surface area contributed by atoms with Crippen LogP contribution < -0.4 is 14.8 Å². The monoisotopic (exact) mass is 437 g/mol. The second-order valence-electron chi connectivity index (χ2n) is 6.27. The van der Waals surface area contributed by atoms with Crippen molar-refractivity contribution < 1.29 is 23.4 Å². The Balaban J connectivity index is 1.60. The van der Waals surface area contributed by atoms with E-state index < -0.39 is 5.82 Å². The van der Waals surface area contributed by atoms with Gasteiger partial charge in [0.05, 0.1) is 13.2 Å². The maximum Gasteiger partial charge on any atom is 0.251 e. The van der Waals surface area contributed by atoms with E-state index in [4.69, 9.17) is 14.2 Å². The quantitative estimate of drug-likeness (QED) is 0.708. The van der Waals surface area contributed by atoms with E-state index in [0.29, 0.717) is 22.6 Å². The average Bonchev–Trinajstić information content (AvgIpc) is 3.17. The maximum atomic E-state index is 13.4. The SMILES string of the molecule is COc1cc(CNC(=O)c2cc(F)cc(Br)c2)ccc1OCC1CCCO1. The van der Waals surface area contributed by atoms with Crippen LogP contribution in [0.3, 0.4) is 0 Å². The number of benzene rings is 2. The molecule has 0 aromatic heterocycles. The normalized spacial score (nSPS) is 16.2. The zero-order valence-electron chi connectivity index (χ0n) is 15.0. The molecule has 2 aromatic rings. The molecule has 144 valence electrons. The van der Waals surface area contributed by atoms with Gasteiger partial charge in [-0.15, -0.1) is 0 Å². The van der Waals surface area contributed by atoms with E-state index in [1.54, 1.807) is 13.2 Å². The highest BCUT2D eigenvalue weighted by Gasteiger charge is 2.17. The molecule has 1 heterocycles. The molecular weight excluding hydrogens is 417 g/mol. The summed E-state index contributed by atoms with van der Waals surface area (Å²) in [6.07, 6.45) is 2.19. The fraction of sp³-hybridized carbons (Fsp3) is 0.350. The minimum Gasteiger partial charge on any atom is -0.493 e. The van der Waals surface area contributed by atoms with Crippen LogP contribution >= 0.6 is 15.9 Å². The summed E-state index contributed by atoms with van der Waals surface area (Å²) >= 11 is 3.18. The lowest BCUT2D eigenvalue weighted by Gasteiger charge is -2.15. The van der Waals surface area contributed by atoms with Gasteiger partial charge in [0.15, 0.2) is 11.5 Å². The molecule has 0 aliphatic carbocycles. The topological polar surface area (TPSA) is 56.8 Å². The zero-order valence-corrected chi connectivity index (χ0v) is 16.6. The molecule has 7 heteroatoms. The van der Waals surface area contributed by atoms with Crippen LogP contribution in [0.2, 0.25) is 0 Å². The molecule has 3 rings (SSSR count). The molecule has 0 radical (unpaired) electrons. The van der Waals surface area contributed by atoms with E-state index in [2.05, 4.69) is 21.2 Å². The lowest BCUT2D eigenvalue weighted by molar-refractivity contribution is 0.0669. The van der Waals surface area contributed by atoms with Crippen molar-refractivity contribution in [2.45, 2.75) is 25.5 Å². The summed E-state index contributed by atoms with van der Waals surface area (Å²) in [5.74, 6) is 0.405. The van der Waals surface area contributed by atoms with Crippen molar-refractivity contribution in [1.29, 1.82) is 0 Å². The Bertz CT molecular complexity index is 788. The Morgan fingerprint density at radius 2 is 2.15 bits per heavy atom. The summed E-state index contributed by atoms with van der Waals surface area (Å²) in [5.41, 5.74) is 1.10. The van der Waals surface area contributed by atoms with E-state index in [1.807, 2.05) is 18.2 Å². The molecule has 1 amide bonds. The van der Waals surface area contributed by atoms with E-state index in [9.17, 15) is 9.18 Å². The molecule has 1 aliphatic rings. The van der Waals surface area contributed by atoms with Gasteiger partial charge in [-0.1, -0.05) is 22.0 Å². The molecule has 1 N–H and O–H groups in total. The van der Waals surface area contributed by atoms with Gasteiger partial charge in [0.1, 0.15) is 12.4 Å². The van der Waals surface area contributed by atoms with Crippen molar-refractivity contribution >= 4 is 21.8 Å². The minimum absolute atomic E-state index is 0.124. The maximum absolute atomic E-state index is 13.4. The standard InChI is InChI=1S/C20H21BrFNO4/c1-25-19-7-13(4-5-18(19)27-12-17-3-2-6-26-17)11-23-20(24)14-8-15(21)10-16(22)9-14/h4-5,7-10,17H,2-3,6,11-12H2,1H3,(H,23,24). The average molecular weight is 438 g/mol. The van der Waals surface area contributed by atoms with Gasteiger partial charge < -0.3 is 19.5 Å². The van der Waals surface area contributed by atoms with Crippen molar-refractivity contribution in [3.8, 4) is 11.5 Å². The Morgan fingerprint density at radius 3 is 2.85 bits per heavy atom. The molecule has 1 aliphatic heterocycles. The summed E-state index contributed by atoms with van der Waals surface area (Å²) in [6, 6.07) is 9.55. The summed E-state index contributed by atoms with van der Waals surface area (Å²) in [4.78, 5) is 12.2. The zero-order chi connectivity index (χ0) is 19.2. The smallest absolute Gasteiger partial charge is 0.251 e. The summed E-state index contributed by atoms with van der Waals surface area (Å²) in [5, 5.41) is 2.77. The van der Waals surface area contributed by atoms with Gasteiger partial charge in [0, 0.05) is 23.2 Å². The van der Waals surface area contributed by atoms with Gasteiger partial charge in [0.25, 0.3) is 5.91 Å². The van der Waals surface area contributed by atoms with Crippen LogP contribution in [0.25, 0.3) is 0 Å². The number of rotatable bonds is 7. The van der Waals surface area contributed by atoms with E-state index in [1.165, 1.54) is 12.1 Å². The number of hydrogen-bond donors (Lipinski definition) is 1. The number of halogens is 2. The van der Waals surface area contributed by atoms with Crippen LogP contribution in [0.4, 0.5) is 4.39 Å². The van der Waals surface area contributed by atoms with Gasteiger partial charge in [0.2, 0.25) is 0 Å². The highest BCUT2D eigenvalue weighted by Crippen LogP contribution is 2.29. The number of carbonyl (C=O) groups excluding carboxylic acids is 1. The molecule has 2 aromatic carbocycles. The number of amides is 1. The Labute approximate surface area is 165 Å². The number of hydrogen-bond acceptors (Lipinski definition) is 4. The second kappa shape index (κ2) is 9.19. The van der Waals surface area contributed by atoms with Crippen LogP contribution in [0.1, 0.15) is 28.8 Å². The van der Waals surface area contributed by atoms with Crippen LogP contribution in [-0.4, -0.2) is 32.3 Å². The van der Waals surface area contributed by atoms with Crippen molar-refractivity contribution in [3.63, 3.8) is 0 Å². The van der Waals surface area contributed by atoms with Crippen molar-refractivity contribution in [3.05, 3.63) is 57.8 Å². The number of ether oxygens (including phenoxy) is 3. The fourth-order valence-electron chi connectivity index (χ4n) is 2.87. The van der Waals surface area contributed by atoms with Crippen LogP contribution in [0, 0.1) is 5.82 Å². The highest BCUT2D eigenvalue weighted by molar-refractivity contribution is 9.10. The second-order valence-corrected chi connectivity index (χ2v) is 7.19. The van der Waals surface area contributed by atoms with Crippen LogP contribution in [0.15, 0.2) is 40.9 Å². The lowest BCUT2D eigenvalue weighted by atomic mass is 10.1. The van der Waals surface area contributed by atoms with Crippen molar-refractivity contribution in [2.24, 2.45) is 0 Å². The van der Waals surface area contributed by atoms with Gasteiger partial charge in [-0.3, -0.25) is 4.79 Å². The van der Waals surface area contributed by atoms with Gasteiger partial charge in [-0.05, 0) is 48.7 Å². The Hall–Kier alpha value is -2.12. The van der Waals surface area contributed by atoms with Crippen LogP contribution in [0.5, 0.6) is 11.5 Å². The Morgan fingerprint density at radius 1 is 1.30 bits per heavy atom. The Kier molecular flexibility index (Phi) is 6.68. The number of nitrogens with one attached hydrogen (secondary N) is 1. The number of carbonyl (C=O) groups is 1. The van der Waals surface area contributed by atoms with Gasteiger partial charge in [-0.2, -0.15) is 0 Å². The third kappa shape index (κ3) is 5.43. The lowest BCUT2D eigenvalue weighted by Crippen LogP contribution is -2.23. The molecule has 1 unspecified atom stereocenters. The molecule has 0 spiro atoms. The predicted molar refractivity (Wildman–Crippen MR) is 103 cm³/mol. The molecule has 1 saturated heterocycles. The first-order valence-corrected chi connectivity index (χ1v) is 9.50.